The average molecular weight is 736 g/mol. The predicted octanol–water partition coefficient (Wildman–Crippen LogP) is 5.33. The van der Waals surface area contributed by atoms with E-state index in [1.807, 2.05) is 0 Å². The zero-order chi connectivity index (χ0) is 35.0. The molecule has 0 fully saturated rings. The van der Waals surface area contributed by atoms with E-state index in [4.69, 9.17) is 11.6 Å². The monoisotopic (exact) mass is 735 g/mol. The van der Waals surface area contributed by atoms with Gasteiger partial charge in [-0.2, -0.15) is 40.2 Å². The Bertz CT molecular complexity index is 2430. The standard InChI is InChI=1S/C27H22ClN7O10S3/c1-15-7-10-20(21(11-15)47(40,41)42)33-34-23-22(48(43,44)45)13-16-12-17(8-9-19(16)24(23)36)29-26-30-25(28)31-27(32-26)35(14-46(37,38)39)18-5-3-2-4-6-18/h2-13,36H,14H2,1H3,(H,37,38,39)(H,40,41,42)(H,43,44,45)(H,29,30,31,32). The Morgan fingerprint density at radius 3 is 2.15 bits per heavy atom. The number of rotatable bonds is 10. The highest BCUT2D eigenvalue weighted by molar-refractivity contribution is 7.86. The zero-order valence-corrected chi connectivity index (χ0v) is 27.4. The molecule has 1 aromatic heterocycles. The summed E-state index contributed by atoms with van der Waals surface area (Å²) >= 11 is 6.10. The molecule has 0 aliphatic carbocycles. The Kier molecular flexibility index (Phi) is 9.34. The minimum Gasteiger partial charge on any atom is -0.505 e. The number of hydrogen-bond donors (Lipinski definition) is 5. The third-order valence-corrected chi connectivity index (χ3v) is 8.94. The van der Waals surface area contributed by atoms with Crippen LogP contribution in [0.2, 0.25) is 5.28 Å². The smallest absolute Gasteiger partial charge is 0.296 e. The van der Waals surface area contributed by atoms with Crippen molar-refractivity contribution in [3.8, 4) is 5.75 Å². The van der Waals surface area contributed by atoms with Gasteiger partial charge in [0.25, 0.3) is 30.4 Å². The van der Waals surface area contributed by atoms with Gasteiger partial charge in [0, 0.05) is 16.8 Å². The Morgan fingerprint density at radius 2 is 1.50 bits per heavy atom. The SMILES string of the molecule is Cc1ccc(N=Nc2c(S(=O)(=O)O)cc3cc(Nc4nc(Cl)nc(N(CS(=O)(=O)O)c5ccccc5)n4)ccc3c2O)c(S(=O)(=O)O)c1. The lowest BCUT2D eigenvalue weighted by atomic mass is 10.1. The lowest BCUT2D eigenvalue weighted by Crippen LogP contribution is -2.27. The highest BCUT2D eigenvalue weighted by Crippen LogP contribution is 2.42. The van der Waals surface area contributed by atoms with Crippen molar-refractivity contribution >= 4 is 87.4 Å². The number of para-hydroxylation sites is 1. The molecule has 5 aromatic rings. The van der Waals surface area contributed by atoms with Crippen molar-refractivity contribution in [2.45, 2.75) is 16.7 Å². The van der Waals surface area contributed by atoms with Gasteiger partial charge in [-0.1, -0.05) is 24.3 Å². The van der Waals surface area contributed by atoms with E-state index in [0.29, 0.717) is 11.3 Å². The fraction of sp³-hybridized carbons (Fsp3) is 0.0741. The van der Waals surface area contributed by atoms with E-state index in [9.17, 15) is 44.0 Å². The number of nitrogens with one attached hydrogen (secondary N) is 1. The van der Waals surface area contributed by atoms with Gasteiger partial charge in [0.05, 0.1) is 0 Å². The van der Waals surface area contributed by atoms with E-state index in [1.165, 1.54) is 30.3 Å². The van der Waals surface area contributed by atoms with Crippen LogP contribution in [0.15, 0.2) is 92.8 Å². The number of benzene rings is 4. The number of aromatic nitrogens is 3. The lowest BCUT2D eigenvalue weighted by Gasteiger charge is -2.21. The number of azo groups is 1. The van der Waals surface area contributed by atoms with Gasteiger partial charge in [-0.3, -0.25) is 18.6 Å². The summed E-state index contributed by atoms with van der Waals surface area (Å²) in [7, 11) is -14.4. The topological polar surface area (TPSA) is 262 Å². The Hall–Kier alpha value is -4.83. The van der Waals surface area contributed by atoms with E-state index in [0.717, 1.165) is 17.0 Å². The molecule has 0 atom stereocenters. The maximum Gasteiger partial charge on any atom is 0.296 e. The van der Waals surface area contributed by atoms with Crippen LogP contribution in [0.1, 0.15) is 5.56 Å². The molecule has 0 saturated heterocycles. The first-order valence-electron chi connectivity index (χ1n) is 13.1. The van der Waals surface area contributed by atoms with Gasteiger partial charge >= 0.3 is 0 Å². The van der Waals surface area contributed by atoms with Crippen LogP contribution in [0.3, 0.4) is 0 Å². The van der Waals surface area contributed by atoms with Crippen LogP contribution < -0.4 is 10.2 Å². The minimum atomic E-state index is -5.06. The number of aromatic hydroxyl groups is 1. The molecular formula is C27H22ClN7O10S3. The van der Waals surface area contributed by atoms with Gasteiger partial charge in [0.2, 0.25) is 17.2 Å². The van der Waals surface area contributed by atoms with E-state index < -0.39 is 57.5 Å². The molecule has 0 aliphatic rings. The van der Waals surface area contributed by atoms with Crippen molar-refractivity contribution in [1.29, 1.82) is 0 Å². The molecule has 48 heavy (non-hydrogen) atoms. The maximum atomic E-state index is 12.3. The second-order valence-electron chi connectivity index (χ2n) is 9.96. The van der Waals surface area contributed by atoms with Crippen LogP contribution in [-0.2, 0) is 30.4 Å². The van der Waals surface area contributed by atoms with Crippen LogP contribution in [0.4, 0.5) is 34.6 Å². The third-order valence-electron chi connectivity index (χ3n) is 6.43. The van der Waals surface area contributed by atoms with Crippen LogP contribution >= 0.6 is 11.6 Å². The molecular weight excluding hydrogens is 714 g/mol. The van der Waals surface area contributed by atoms with Crippen molar-refractivity contribution in [1.82, 2.24) is 15.0 Å². The number of phenolic OH excluding ortho intramolecular Hbond substituents is 1. The van der Waals surface area contributed by atoms with Crippen molar-refractivity contribution < 1.29 is 44.0 Å². The number of fused-ring (bicyclic) bond motifs is 1. The predicted molar refractivity (Wildman–Crippen MR) is 174 cm³/mol. The quantitative estimate of drug-likeness (QED) is 0.0896. The van der Waals surface area contributed by atoms with Gasteiger partial charge in [-0.25, -0.2) is 0 Å². The van der Waals surface area contributed by atoms with Crippen LogP contribution in [-0.4, -0.2) is 64.8 Å². The van der Waals surface area contributed by atoms with Crippen molar-refractivity contribution in [2.24, 2.45) is 10.2 Å². The largest absolute Gasteiger partial charge is 0.505 e. The molecule has 1 heterocycles. The normalized spacial score (nSPS) is 12.4. The summed E-state index contributed by atoms with van der Waals surface area (Å²) < 4.78 is 101. The molecule has 0 bridgehead atoms. The number of anilines is 4. The van der Waals surface area contributed by atoms with Gasteiger partial charge in [0.1, 0.15) is 21.2 Å². The van der Waals surface area contributed by atoms with Crippen molar-refractivity contribution in [2.75, 3.05) is 16.1 Å². The van der Waals surface area contributed by atoms with Gasteiger partial charge in [0.15, 0.2) is 11.6 Å². The molecule has 21 heteroatoms. The molecule has 0 spiro atoms. The molecule has 0 amide bonds. The molecule has 0 aliphatic heterocycles. The second-order valence-corrected chi connectivity index (χ2v) is 14.5. The van der Waals surface area contributed by atoms with E-state index in [-0.39, 0.29) is 39.3 Å². The van der Waals surface area contributed by atoms with Crippen LogP contribution in [0.25, 0.3) is 10.8 Å². The summed E-state index contributed by atoms with van der Waals surface area (Å²) in [5.41, 5.74) is -0.140. The molecule has 17 nitrogen and oxygen atoms in total. The van der Waals surface area contributed by atoms with E-state index >= 15 is 0 Å². The summed E-state index contributed by atoms with van der Waals surface area (Å²) in [4.78, 5) is 11.7. The van der Waals surface area contributed by atoms with Crippen molar-refractivity contribution in [3.63, 3.8) is 0 Å². The first-order chi connectivity index (χ1) is 22.4. The van der Waals surface area contributed by atoms with E-state index in [1.54, 1.807) is 37.3 Å². The minimum absolute atomic E-state index is 0.0265. The highest BCUT2D eigenvalue weighted by atomic mass is 35.5. The summed E-state index contributed by atoms with van der Waals surface area (Å²) in [6, 6.07) is 16.8. The Morgan fingerprint density at radius 1 is 0.812 bits per heavy atom. The summed E-state index contributed by atoms with van der Waals surface area (Å²) in [5.74, 6) is -2.12. The summed E-state index contributed by atoms with van der Waals surface area (Å²) in [6.07, 6.45) is 0. The molecule has 4 aromatic carbocycles. The Balaban J connectivity index is 1.56. The molecule has 5 N–H and O–H groups in total. The van der Waals surface area contributed by atoms with Gasteiger partial charge in [-0.05, 0) is 78.0 Å². The second kappa shape index (κ2) is 13.0. The molecule has 250 valence electrons. The molecule has 0 unspecified atom stereocenters. The molecule has 0 saturated carbocycles. The lowest BCUT2D eigenvalue weighted by molar-refractivity contribution is 0.472. The highest BCUT2D eigenvalue weighted by Gasteiger charge is 2.24. The summed E-state index contributed by atoms with van der Waals surface area (Å²) in [6.45, 7) is 1.56. The number of nitrogens with zero attached hydrogens (tertiary/aromatic N) is 6. The third kappa shape index (κ3) is 7.99. The fourth-order valence-electron chi connectivity index (χ4n) is 4.40. The van der Waals surface area contributed by atoms with E-state index in [2.05, 4.69) is 30.5 Å². The Labute approximate surface area is 277 Å². The molecule has 0 radical (unpaired) electrons. The zero-order valence-electron chi connectivity index (χ0n) is 24.2. The number of phenols is 1. The van der Waals surface area contributed by atoms with Crippen LogP contribution in [0.5, 0.6) is 5.75 Å². The average Bonchev–Trinajstić information content (AvgIpc) is 2.98. The van der Waals surface area contributed by atoms with Crippen LogP contribution in [0, 0.1) is 6.92 Å². The first-order valence-corrected chi connectivity index (χ1v) is 18.0. The molecule has 5 rings (SSSR count). The first kappa shape index (κ1) is 34.5. The number of aryl methyl sites for hydroxylation is 1. The number of hydrogen-bond acceptors (Lipinski definition) is 14. The maximum absolute atomic E-state index is 12.3. The summed E-state index contributed by atoms with van der Waals surface area (Å²) in [5, 5.41) is 21.0. The fourth-order valence-corrected chi connectivity index (χ4v) is 6.51. The van der Waals surface area contributed by atoms with Gasteiger partial charge < -0.3 is 10.4 Å². The number of halogens is 1. The van der Waals surface area contributed by atoms with Crippen molar-refractivity contribution in [3.05, 3.63) is 83.6 Å². The van der Waals surface area contributed by atoms with Gasteiger partial charge in [-0.15, -0.1) is 10.2 Å².